The minimum Gasteiger partial charge on any atom is -0.497 e. The average Bonchev–Trinajstić information content (AvgIpc) is 2.59. The smallest absolute Gasteiger partial charge is 0.248 e. The number of hydrogen-bond donors (Lipinski definition) is 2. The number of benzene rings is 2. The molecule has 122 valence electrons. The molecule has 1 heterocycles. The van der Waals surface area contributed by atoms with Gasteiger partial charge in [0.1, 0.15) is 5.75 Å². The molecule has 1 atom stereocenters. The van der Waals surface area contributed by atoms with Crippen LogP contribution in [0.5, 0.6) is 5.75 Å². The molecule has 5 heteroatoms. The van der Waals surface area contributed by atoms with E-state index in [1.165, 1.54) is 6.07 Å². The van der Waals surface area contributed by atoms with Crippen molar-refractivity contribution in [3.8, 4) is 5.75 Å². The van der Waals surface area contributed by atoms with Crippen molar-refractivity contribution in [2.45, 2.75) is 12.3 Å². The largest absolute Gasteiger partial charge is 0.497 e. The van der Waals surface area contributed by atoms with Crippen molar-refractivity contribution < 1.29 is 9.53 Å². The van der Waals surface area contributed by atoms with Gasteiger partial charge < -0.3 is 15.5 Å². The molecule has 2 aromatic carbocycles. The van der Waals surface area contributed by atoms with Crippen LogP contribution in [0, 0.1) is 0 Å². The van der Waals surface area contributed by atoms with Crippen LogP contribution in [0.3, 0.4) is 0 Å². The quantitative estimate of drug-likeness (QED) is 0.756. The Morgan fingerprint density at radius 3 is 2.50 bits per heavy atom. The maximum Gasteiger partial charge on any atom is 0.248 e. The first kappa shape index (κ1) is 15.8. The van der Waals surface area contributed by atoms with Gasteiger partial charge in [-0.1, -0.05) is 24.3 Å². The van der Waals surface area contributed by atoms with E-state index in [0.717, 1.165) is 22.3 Å². The predicted molar refractivity (Wildman–Crippen MR) is 93.2 cm³/mol. The second kappa shape index (κ2) is 6.58. The third-order valence-electron chi connectivity index (χ3n) is 4.09. The molecule has 0 aliphatic heterocycles. The summed E-state index contributed by atoms with van der Waals surface area (Å²) in [5.74, 6) is -0.104. The number of nitrogens with two attached hydrogens (primary N) is 1. The van der Waals surface area contributed by atoms with Gasteiger partial charge in [-0.3, -0.25) is 9.59 Å². The summed E-state index contributed by atoms with van der Waals surface area (Å²) >= 11 is 0. The first-order valence-corrected chi connectivity index (χ1v) is 7.62. The summed E-state index contributed by atoms with van der Waals surface area (Å²) in [6.07, 6.45) is 0.488. The van der Waals surface area contributed by atoms with E-state index >= 15 is 0 Å². The number of H-pyrrole nitrogens is 1. The predicted octanol–water partition coefficient (Wildman–Crippen LogP) is 2.35. The van der Waals surface area contributed by atoms with E-state index in [0.29, 0.717) is 11.9 Å². The van der Waals surface area contributed by atoms with E-state index in [1.807, 2.05) is 42.5 Å². The van der Waals surface area contributed by atoms with Crippen molar-refractivity contribution >= 4 is 16.8 Å². The molecule has 0 aliphatic carbocycles. The zero-order valence-corrected chi connectivity index (χ0v) is 13.3. The fourth-order valence-electron chi connectivity index (χ4n) is 2.76. The minimum absolute atomic E-state index is 0.176. The van der Waals surface area contributed by atoms with Crippen LogP contribution in [0.4, 0.5) is 0 Å². The van der Waals surface area contributed by atoms with Gasteiger partial charge >= 0.3 is 0 Å². The van der Waals surface area contributed by atoms with Gasteiger partial charge in [0.25, 0.3) is 0 Å². The van der Waals surface area contributed by atoms with Gasteiger partial charge in [-0.2, -0.15) is 0 Å². The van der Waals surface area contributed by atoms with Gasteiger partial charge in [0.15, 0.2) is 0 Å². The van der Waals surface area contributed by atoms with E-state index in [2.05, 4.69) is 4.98 Å². The first-order chi connectivity index (χ1) is 11.6. The van der Waals surface area contributed by atoms with Crippen molar-refractivity contribution in [1.29, 1.82) is 0 Å². The number of methoxy groups -OCH3 is 1. The van der Waals surface area contributed by atoms with E-state index in [1.54, 1.807) is 13.2 Å². The Labute approximate surface area is 139 Å². The average molecular weight is 322 g/mol. The lowest BCUT2D eigenvalue weighted by Gasteiger charge is -2.15. The second-order valence-corrected chi connectivity index (χ2v) is 5.68. The topological polar surface area (TPSA) is 85.2 Å². The Bertz CT molecular complexity index is 929. The third-order valence-corrected chi connectivity index (χ3v) is 4.09. The van der Waals surface area contributed by atoms with Crippen molar-refractivity contribution in [3.05, 3.63) is 76.1 Å². The Morgan fingerprint density at radius 1 is 1.12 bits per heavy atom. The van der Waals surface area contributed by atoms with Crippen LogP contribution >= 0.6 is 0 Å². The van der Waals surface area contributed by atoms with Crippen molar-refractivity contribution in [3.63, 3.8) is 0 Å². The van der Waals surface area contributed by atoms with Crippen LogP contribution in [-0.4, -0.2) is 18.0 Å². The van der Waals surface area contributed by atoms with E-state index < -0.39 is 11.8 Å². The molecule has 0 saturated carbocycles. The number of amides is 1. The second-order valence-electron chi connectivity index (χ2n) is 5.68. The highest BCUT2D eigenvalue weighted by Crippen LogP contribution is 2.24. The number of carbonyl (C=O) groups is 1. The molecule has 0 saturated heterocycles. The van der Waals surface area contributed by atoms with Crippen LogP contribution < -0.4 is 16.0 Å². The Hall–Kier alpha value is -3.08. The molecule has 0 fully saturated rings. The van der Waals surface area contributed by atoms with Crippen molar-refractivity contribution in [1.82, 2.24) is 4.98 Å². The Morgan fingerprint density at radius 2 is 1.83 bits per heavy atom. The number of pyridine rings is 1. The fourth-order valence-corrected chi connectivity index (χ4v) is 2.76. The molecule has 3 rings (SSSR count). The summed E-state index contributed by atoms with van der Waals surface area (Å²) in [4.78, 5) is 26.2. The first-order valence-electron chi connectivity index (χ1n) is 7.62. The van der Waals surface area contributed by atoms with Crippen molar-refractivity contribution in [2.24, 2.45) is 5.73 Å². The molecule has 0 aliphatic rings. The fraction of sp³-hybridized carbons (Fsp3) is 0.158. The maximum atomic E-state index is 12.0. The summed E-state index contributed by atoms with van der Waals surface area (Å²) in [6.45, 7) is 0. The molecule has 5 nitrogen and oxygen atoms in total. The van der Waals surface area contributed by atoms with Crippen molar-refractivity contribution in [2.75, 3.05) is 7.11 Å². The summed E-state index contributed by atoms with van der Waals surface area (Å²) in [6, 6.07) is 16.3. The molecular formula is C19H18N2O3. The summed E-state index contributed by atoms with van der Waals surface area (Å²) in [5.41, 5.74) is 7.90. The molecule has 1 unspecified atom stereocenters. The number of aromatic amines is 1. The highest BCUT2D eigenvalue weighted by molar-refractivity contribution is 5.85. The summed E-state index contributed by atoms with van der Waals surface area (Å²) < 4.78 is 5.14. The summed E-state index contributed by atoms with van der Waals surface area (Å²) in [7, 11) is 1.61. The van der Waals surface area contributed by atoms with Gasteiger partial charge in [-0.05, 0) is 47.2 Å². The SMILES string of the molecule is COc1ccc(CC(C(N)=O)c2ccc3ccc(=O)[nH]c3c2)cc1. The highest BCUT2D eigenvalue weighted by atomic mass is 16.5. The number of aromatic nitrogens is 1. The number of nitrogens with one attached hydrogen (secondary N) is 1. The molecule has 1 aromatic heterocycles. The number of fused-ring (bicyclic) bond motifs is 1. The lowest BCUT2D eigenvalue weighted by Crippen LogP contribution is -2.23. The lowest BCUT2D eigenvalue weighted by molar-refractivity contribution is -0.119. The Balaban J connectivity index is 1.95. The molecule has 3 N–H and O–H groups in total. The summed E-state index contributed by atoms with van der Waals surface area (Å²) in [5, 5.41) is 0.908. The highest BCUT2D eigenvalue weighted by Gasteiger charge is 2.19. The number of carbonyl (C=O) groups excluding carboxylic acids is 1. The standard InChI is InChI=1S/C19H18N2O3/c1-24-15-7-2-12(3-8-15)10-16(19(20)23)14-5-4-13-6-9-18(22)21-17(13)11-14/h2-9,11,16H,10H2,1H3,(H2,20,23)(H,21,22). The molecular weight excluding hydrogens is 304 g/mol. The van der Waals surface area contributed by atoms with E-state index in [4.69, 9.17) is 10.5 Å². The third kappa shape index (κ3) is 3.30. The number of hydrogen-bond acceptors (Lipinski definition) is 3. The number of ether oxygens (including phenoxy) is 1. The zero-order valence-electron chi connectivity index (χ0n) is 13.3. The van der Waals surface area contributed by atoms with Crippen LogP contribution in [0.25, 0.3) is 10.9 Å². The van der Waals surface area contributed by atoms with E-state index in [-0.39, 0.29) is 5.56 Å². The van der Waals surface area contributed by atoms with Crippen LogP contribution in [-0.2, 0) is 11.2 Å². The molecule has 1 amide bonds. The monoisotopic (exact) mass is 322 g/mol. The van der Waals surface area contributed by atoms with Crippen LogP contribution in [0.2, 0.25) is 0 Å². The van der Waals surface area contributed by atoms with Gasteiger partial charge in [0.2, 0.25) is 11.5 Å². The number of primary amides is 1. The number of rotatable bonds is 5. The molecule has 0 spiro atoms. The zero-order chi connectivity index (χ0) is 17.1. The molecule has 0 radical (unpaired) electrons. The van der Waals surface area contributed by atoms with Crippen LogP contribution in [0.1, 0.15) is 17.0 Å². The van der Waals surface area contributed by atoms with E-state index in [9.17, 15) is 9.59 Å². The lowest BCUT2D eigenvalue weighted by atomic mass is 9.90. The molecule has 24 heavy (non-hydrogen) atoms. The van der Waals surface area contributed by atoms with Gasteiger partial charge in [-0.25, -0.2) is 0 Å². The minimum atomic E-state index is -0.466. The molecule has 0 bridgehead atoms. The molecule has 3 aromatic rings. The van der Waals surface area contributed by atoms with Gasteiger partial charge in [0, 0.05) is 11.6 Å². The normalized spacial score (nSPS) is 12.0. The van der Waals surface area contributed by atoms with Gasteiger partial charge in [0.05, 0.1) is 13.0 Å². The Kier molecular flexibility index (Phi) is 4.33. The maximum absolute atomic E-state index is 12.0. The van der Waals surface area contributed by atoms with Gasteiger partial charge in [-0.15, -0.1) is 0 Å². The van der Waals surface area contributed by atoms with Crippen LogP contribution in [0.15, 0.2) is 59.4 Å².